The molecule has 4 rings (SSSR count). The molecule has 3 aromatic rings. The molecular weight excluding hydrogens is 412 g/mol. The van der Waals surface area contributed by atoms with Crippen molar-refractivity contribution in [3.8, 4) is 11.5 Å². The van der Waals surface area contributed by atoms with Crippen molar-refractivity contribution < 1.29 is 30.0 Å². The predicted molar refractivity (Wildman–Crippen MR) is 119 cm³/mol. The summed E-state index contributed by atoms with van der Waals surface area (Å²) in [4.78, 5) is 27.1. The Hall–Kier alpha value is -3.91. The van der Waals surface area contributed by atoms with Crippen LogP contribution in [0.2, 0.25) is 0 Å². The Labute approximate surface area is 186 Å². The maximum absolute atomic E-state index is 10.3. The van der Waals surface area contributed by atoms with E-state index in [0.29, 0.717) is 6.04 Å². The number of carboxylic acids is 2. The van der Waals surface area contributed by atoms with Crippen LogP contribution in [-0.4, -0.2) is 55.8 Å². The molecule has 1 aliphatic rings. The van der Waals surface area contributed by atoms with E-state index in [0.717, 1.165) is 0 Å². The summed E-state index contributed by atoms with van der Waals surface area (Å²) in [5.74, 6) is -2.62. The number of aromatic carboxylic acids is 2. The Balaban J connectivity index is 0.000000171. The van der Waals surface area contributed by atoms with Crippen LogP contribution in [0.1, 0.15) is 45.2 Å². The number of hydrogen-bond donors (Lipinski definition) is 4. The highest BCUT2D eigenvalue weighted by molar-refractivity contribution is 5.91. The number of benzene rings is 2. The molecule has 4 N–H and O–H groups in total. The fourth-order valence-corrected chi connectivity index (χ4v) is 3.21. The number of hydrogen-bond acceptors (Lipinski definition) is 6. The lowest BCUT2D eigenvalue weighted by Gasteiger charge is -2.18. The van der Waals surface area contributed by atoms with Crippen LogP contribution in [0, 0.1) is 0 Å². The van der Waals surface area contributed by atoms with Crippen molar-refractivity contribution in [2.75, 3.05) is 13.6 Å². The van der Waals surface area contributed by atoms with E-state index < -0.39 is 11.9 Å². The van der Waals surface area contributed by atoms with Gasteiger partial charge in [-0.3, -0.25) is 9.88 Å². The molecule has 0 radical (unpaired) electrons. The average molecular weight is 438 g/mol. The Morgan fingerprint density at radius 2 is 1.41 bits per heavy atom. The first-order valence-electron chi connectivity index (χ1n) is 9.94. The van der Waals surface area contributed by atoms with Gasteiger partial charge in [0.15, 0.2) is 0 Å². The largest absolute Gasteiger partial charge is 0.507 e. The smallest absolute Gasteiger partial charge is 0.339 e. The first kappa shape index (κ1) is 24.4. The standard InChI is InChI=1S/C10H14N2.2C7H6O3/c1-12-7-3-5-10(12)9-4-2-6-11-8-9;2*8-6-4-2-1-3-5(6)7(9)10/h2,4,6,8,10H,3,5,7H2,1H3;2*1-4,8H,(H,9,10). The number of nitrogens with zero attached hydrogens (tertiary/aromatic N) is 2. The molecule has 0 aliphatic carbocycles. The number of phenols is 2. The van der Waals surface area contributed by atoms with Gasteiger partial charge in [-0.15, -0.1) is 0 Å². The summed E-state index contributed by atoms with van der Waals surface area (Å²) >= 11 is 0. The minimum atomic E-state index is -1.11. The highest BCUT2D eigenvalue weighted by Crippen LogP contribution is 2.29. The van der Waals surface area contributed by atoms with E-state index in [1.54, 1.807) is 24.3 Å². The summed E-state index contributed by atoms with van der Waals surface area (Å²) in [5.41, 5.74) is 1.22. The summed E-state index contributed by atoms with van der Waals surface area (Å²) in [6.07, 6.45) is 6.41. The quantitative estimate of drug-likeness (QED) is 0.482. The normalized spacial score (nSPS) is 15.0. The molecule has 168 valence electrons. The van der Waals surface area contributed by atoms with E-state index in [2.05, 4.69) is 23.0 Å². The Kier molecular flexibility index (Phi) is 9.19. The molecule has 1 atom stereocenters. The van der Waals surface area contributed by atoms with Crippen molar-refractivity contribution in [2.45, 2.75) is 18.9 Å². The van der Waals surface area contributed by atoms with Crippen LogP contribution >= 0.6 is 0 Å². The number of para-hydroxylation sites is 2. The molecular formula is C24H26N2O6. The van der Waals surface area contributed by atoms with Crippen molar-refractivity contribution in [3.05, 3.63) is 89.7 Å². The van der Waals surface area contributed by atoms with Gasteiger partial charge in [0.25, 0.3) is 0 Å². The molecule has 0 spiro atoms. The topological polar surface area (TPSA) is 131 Å². The average Bonchev–Trinajstić information content (AvgIpc) is 3.21. The van der Waals surface area contributed by atoms with Crippen molar-refractivity contribution >= 4 is 11.9 Å². The zero-order chi connectivity index (χ0) is 23.5. The first-order valence-corrected chi connectivity index (χ1v) is 9.94. The monoisotopic (exact) mass is 438 g/mol. The number of carbonyl (C=O) groups is 2. The molecule has 8 nitrogen and oxygen atoms in total. The van der Waals surface area contributed by atoms with Gasteiger partial charge < -0.3 is 20.4 Å². The second-order valence-electron chi connectivity index (χ2n) is 7.07. The zero-order valence-corrected chi connectivity index (χ0v) is 17.6. The van der Waals surface area contributed by atoms with Gasteiger partial charge in [-0.05, 0) is 62.3 Å². The Morgan fingerprint density at radius 3 is 1.75 bits per heavy atom. The number of rotatable bonds is 3. The fraction of sp³-hybridized carbons (Fsp3) is 0.208. The predicted octanol–water partition coefficient (Wildman–Crippen LogP) is 4.03. The van der Waals surface area contributed by atoms with Crippen LogP contribution in [0.4, 0.5) is 0 Å². The lowest BCUT2D eigenvalue weighted by molar-refractivity contribution is 0.0682. The van der Waals surface area contributed by atoms with Gasteiger partial charge in [0.05, 0.1) is 0 Å². The molecule has 32 heavy (non-hydrogen) atoms. The number of pyridine rings is 1. The molecule has 1 unspecified atom stereocenters. The van der Waals surface area contributed by atoms with Crippen molar-refractivity contribution in [2.24, 2.45) is 0 Å². The Morgan fingerprint density at radius 1 is 0.875 bits per heavy atom. The van der Waals surface area contributed by atoms with Gasteiger partial charge in [0.2, 0.25) is 0 Å². The van der Waals surface area contributed by atoms with Gasteiger partial charge >= 0.3 is 11.9 Å². The highest BCUT2D eigenvalue weighted by Gasteiger charge is 2.22. The maximum Gasteiger partial charge on any atom is 0.339 e. The van der Waals surface area contributed by atoms with E-state index in [1.807, 2.05) is 18.5 Å². The van der Waals surface area contributed by atoms with Crippen molar-refractivity contribution in [3.63, 3.8) is 0 Å². The summed E-state index contributed by atoms with van der Waals surface area (Å²) in [5, 5.41) is 34.6. The number of carboxylic acid groups (broad SMARTS) is 2. The van der Waals surface area contributed by atoms with Crippen LogP contribution in [0.3, 0.4) is 0 Å². The lowest BCUT2D eigenvalue weighted by atomic mass is 10.1. The van der Waals surface area contributed by atoms with Crippen molar-refractivity contribution in [1.29, 1.82) is 0 Å². The number of likely N-dealkylation sites (tertiary alicyclic amines) is 1. The minimum Gasteiger partial charge on any atom is -0.507 e. The number of aromatic nitrogens is 1. The molecule has 8 heteroatoms. The molecule has 0 bridgehead atoms. The van der Waals surface area contributed by atoms with Crippen LogP contribution < -0.4 is 0 Å². The first-order chi connectivity index (χ1) is 15.3. The Bertz CT molecular complexity index is 970. The van der Waals surface area contributed by atoms with Gasteiger partial charge in [-0.1, -0.05) is 30.3 Å². The van der Waals surface area contributed by atoms with Crippen molar-refractivity contribution in [1.82, 2.24) is 9.88 Å². The molecule has 0 amide bonds. The second kappa shape index (κ2) is 12.1. The van der Waals surface area contributed by atoms with Gasteiger partial charge in [-0.2, -0.15) is 0 Å². The molecule has 1 saturated heterocycles. The molecule has 2 aromatic carbocycles. The van der Waals surface area contributed by atoms with E-state index in [9.17, 15) is 9.59 Å². The van der Waals surface area contributed by atoms with Crippen LogP contribution in [-0.2, 0) is 0 Å². The second-order valence-corrected chi connectivity index (χ2v) is 7.07. The van der Waals surface area contributed by atoms with Crippen LogP contribution in [0.15, 0.2) is 73.1 Å². The molecule has 1 fully saturated rings. The third-order valence-corrected chi connectivity index (χ3v) is 4.86. The summed E-state index contributed by atoms with van der Waals surface area (Å²) in [7, 11) is 2.19. The summed E-state index contributed by atoms with van der Waals surface area (Å²) in [6, 6.07) is 16.4. The van der Waals surface area contributed by atoms with Gasteiger partial charge in [0.1, 0.15) is 22.6 Å². The van der Waals surface area contributed by atoms with E-state index in [1.165, 1.54) is 49.2 Å². The number of aromatic hydroxyl groups is 2. The SMILES string of the molecule is CN1CCCC1c1cccnc1.O=C(O)c1ccccc1O.O=C(O)c1ccccc1O. The zero-order valence-electron chi connectivity index (χ0n) is 17.6. The van der Waals surface area contributed by atoms with Crippen LogP contribution in [0.25, 0.3) is 0 Å². The molecule has 1 aromatic heterocycles. The molecule has 1 aliphatic heterocycles. The van der Waals surface area contributed by atoms with Gasteiger partial charge in [0, 0.05) is 18.4 Å². The third-order valence-electron chi connectivity index (χ3n) is 4.86. The van der Waals surface area contributed by atoms with E-state index >= 15 is 0 Å². The molecule has 0 saturated carbocycles. The third kappa shape index (κ3) is 7.10. The molecule has 2 heterocycles. The van der Waals surface area contributed by atoms with E-state index in [4.69, 9.17) is 20.4 Å². The van der Waals surface area contributed by atoms with Crippen LogP contribution in [0.5, 0.6) is 11.5 Å². The van der Waals surface area contributed by atoms with E-state index in [-0.39, 0.29) is 22.6 Å². The maximum atomic E-state index is 10.3. The lowest BCUT2D eigenvalue weighted by Crippen LogP contribution is -2.17. The fourth-order valence-electron chi connectivity index (χ4n) is 3.21. The minimum absolute atomic E-state index is 0.0671. The van der Waals surface area contributed by atoms with Gasteiger partial charge in [-0.25, -0.2) is 9.59 Å². The summed E-state index contributed by atoms with van der Waals surface area (Å²) < 4.78 is 0. The summed E-state index contributed by atoms with van der Waals surface area (Å²) in [6.45, 7) is 1.22. The highest BCUT2D eigenvalue weighted by atomic mass is 16.4.